The average molecular weight is 442 g/mol. The van der Waals surface area contributed by atoms with Gasteiger partial charge in [-0.05, 0) is 35.9 Å². The maximum atomic E-state index is 13.0. The number of aromatic nitrogens is 2. The summed E-state index contributed by atoms with van der Waals surface area (Å²) in [5.41, 5.74) is 0.720. The van der Waals surface area contributed by atoms with Gasteiger partial charge in [0.1, 0.15) is 6.54 Å². The van der Waals surface area contributed by atoms with Crippen molar-refractivity contribution in [2.75, 3.05) is 4.90 Å². The molecule has 0 saturated heterocycles. The molecule has 8 heteroatoms. The summed E-state index contributed by atoms with van der Waals surface area (Å²) in [4.78, 5) is 37.7. The van der Waals surface area contributed by atoms with Gasteiger partial charge in [-0.15, -0.1) is 0 Å². The largest absolute Gasteiger partial charge is 0.476 e. The maximum Gasteiger partial charge on any atom is 0.356 e. The van der Waals surface area contributed by atoms with E-state index < -0.39 is 11.5 Å². The van der Waals surface area contributed by atoms with Crippen molar-refractivity contribution in [3.05, 3.63) is 92.8 Å². The third kappa shape index (κ3) is 4.72. The molecule has 0 fully saturated rings. The minimum atomic E-state index is -1.27. The second-order valence-electron chi connectivity index (χ2n) is 5.96. The van der Waals surface area contributed by atoms with Crippen LogP contribution in [-0.4, -0.2) is 26.8 Å². The van der Waals surface area contributed by atoms with E-state index >= 15 is 0 Å². The van der Waals surface area contributed by atoms with Gasteiger partial charge in [-0.1, -0.05) is 46.3 Å². The van der Waals surface area contributed by atoms with Gasteiger partial charge in [0.2, 0.25) is 5.91 Å². The molecule has 0 aliphatic heterocycles. The summed E-state index contributed by atoms with van der Waals surface area (Å²) >= 11 is 3.37. The predicted octanol–water partition coefficient (Wildman–Crippen LogP) is 2.94. The highest BCUT2D eigenvalue weighted by atomic mass is 79.9. The number of hydrogen-bond acceptors (Lipinski definition) is 4. The number of amides is 1. The second-order valence-corrected chi connectivity index (χ2v) is 6.88. The number of carboxylic acid groups (broad SMARTS) is 1. The molecule has 1 N–H and O–H groups in total. The molecule has 0 aliphatic carbocycles. The van der Waals surface area contributed by atoms with Crippen LogP contribution in [0.15, 0.2) is 76.0 Å². The summed E-state index contributed by atoms with van der Waals surface area (Å²) < 4.78 is 1.73. The Kier molecular flexibility index (Phi) is 6.00. The smallest absolute Gasteiger partial charge is 0.356 e. The SMILES string of the molecule is O=C(O)c1ccc(=O)n(CC(=O)N(Cc2ccccc2)c2ccc(Br)cc2)n1. The molecule has 1 amide bonds. The molecule has 3 rings (SSSR count). The van der Waals surface area contributed by atoms with Crippen LogP contribution in [0.2, 0.25) is 0 Å². The van der Waals surface area contributed by atoms with Crippen molar-refractivity contribution in [2.45, 2.75) is 13.1 Å². The van der Waals surface area contributed by atoms with Crippen LogP contribution in [0.25, 0.3) is 0 Å². The van der Waals surface area contributed by atoms with Crippen molar-refractivity contribution in [1.82, 2.24) is 9.78 Å². The van der Waals surface area contributed by atoms with Gasteiger partial charge in [-0.25, -0.2) is 9.48 Å². The highest BCUT2D eigenvalue weighted by Crippen LogP contribution is 2.21. The maximum absolute atomic E-state index is 13.0. The van der Waals surface area contributed by atoms with Crippen LogP contribution >= 0.6 is 15.9 Å². The number of carboxylic acids is 1. The Balaban J connectivity index is 1.92. The monoisotopic (exact) mass is 441 g/mol. The van der Waals surface area contributed by atoms with E-state index in [0.717, 1.165) is 26.9 Å². The quantitative estimate of drug-likeness (QED) is 0.634. The fraction of sp³-hybridized carbons (Fsp3) is 0.100. The number of benzene rings is 2. The highest BCUT2D eigenvalue weighted by Gasteiger charge is 2.19. The normalized spacial score (nSPS) is 10.5. The Morgan fingerprint density at radius 2 is 1.68 bits per heavy atom. The van der Waals surface area contributed by atoms with Gasteiger partial charge in [0.25, 0.3) is 5.56 Å². The third-order valence-electron chi connectivity index (χ3n) is 3.99. The van der Waals surface area contributed by atoms with Crippen LogP contribution in [0.1, 0.15) is 16.1 Å². The summed E-state index contributed by atoms with van der Waals surface area (Å²) in [5.74, 6) is -1.65. The lowest BCUT2D eigenvalue weighted by Crippen LogP contribution is -2.37. The van der Waals surface area contributed by atoms with E-state index in [1.807, 2.05) is 42.5 Å². The van der Waals surface area contributed by atoms with Crippen molar-refractivity contribution >= 4 is 33.5 Å². The summed E-state index contributed by atoms with van der Waals surface area (Å²) in [6.07, 6.45) is 0. The molecule has 0 unspecified atom stereocenters. The zero-order valence-corrected chi connectivity index (χ0v) is 16.2. The van der Waals surface area contributed by atoms with Gasteiger partial charge in [0.05, 0.1) is 6.54 Å². The van der Waals surface area contributed by atoms with Crippen LogP contribution in [0.5, 0.6) is 0 Å². The van der Waals surface area contributed by atoms with E-state index in [2.05, 4.69) is 21.0 Å². The summed E-state index contributed by atoms with van der Waals surface area (Å²) in [5, 5.41) is 12.8. The van der Waals surface area contributed by atoms with Gasteiger partial charge < -0.3 is 10.0 Å². The van der Waals surface area contributed by atoms with Gasteiger partial charge >= 0.3 is 5.97 Å². The van der Waals surface area contributed by atoms with Gasteiger partial charge in [-0.3, -0.25) is 9.59 Å². The first kappa shape index (κ1) is 19.5. The summed E-state index contributed by atoms with van der Waals surface area (Å²) in [7, 11) is 0. The van der Waals surface area contributed by atoms with Crippen LogP contribution < -0.4 is 10.5 Å². The van der Waals surface area contributed by atoms with Gasteiger partial charge in [0.15, 0.2) is 5.69 Å². The Morgan fingerprint density at radius 1 is 1.00 bits per heavy atom. The zero-order valence-electron chi connectivity index (χ0n) is 14.7. The fourth-order valence-corrected chi connectivity index (χ4v) is 2.86. The Hall–Kier alpha value is -3.26. The van der Waals surface area contributed by atoms with Gasteiger partial charge in [0, 0.05) is 16.2 Å². The third-order valence-corrected chi connectivity index (χ3v) is 4.52. The Morgan fingerprint density at radius 3 is 2.32 bits per heavy atom. The zero-order chi connectivity index (χ0) is 20.1. The van der Waals surface area contributed by atoms with Crippen molar-refractivity contribution in [2.24, 2.45) is 0 Å². The molecule has 28 heavy (non-hydrogen) atoms. The number of aromatic carboxylic acids is 1. The molecule has 0 bridgehead atoms. The van der Waals surface area contributed by atoms with Crippen LogP contribution in [0, 0.1) is 0 Å². The van der Waals surface area contributed by atoms with E-state index in [9.17, 15) is 14.4 Å². The van der Waals surface area contributed by atoms with Crippen molar-refractivity contribution in [3.8, 4) is 0 Å². The first-order valence-electron chi connectivity index (χ1n) is 8.35. The minimum Gasteiger partial charge on any atom is -0.476 e. The van der Waals surface area contributed by atoms with Crippen LogP contribution in [0.4, 0.5) is 5.69 Å². The topological polar surface area (TPSA) is 92.5 Å². The van der Waals surface area contributed by atoms with E-state index in [4.69, 9.17) is 5.11 Å². The van der Waals surface area contributed by atoms with E-state index in [-0.39, 0.29) is 18.1 Å². The molecule has 0 aliphatic rings. The Labute approximate surface area is 169 Å². The van der Waals surface area contributed by atoms with E-state index in [1.165, 1.54) is 4.90 Å². The number of nitrogens with zero attached hydrogens (tertiary/aromatic N) is 3. The molecule has 1 heterocycles. The van der Waals surface area contributed by atoms with E-state index in [0.29, 0.717) is 12.2 Å². The van der Waals surface area contributed by atoms with Crippen molar-refractivity contribution in [3.63, 3.8) is 0 Å². The molecule has 7 nitrogen and oxygen atoms in total. The second kappa shape index (κ2) is 8.62. The highest BCUT2D eigenvalue weighted by molar-refractivity contribution is 9.10. The molecule has 0 saturated carbocycles. The molecule has 0 radical (unpaired) electrons. The average Bonchev–Trinajstić information content (AvgIpc) is 2.69. The van der Waals surface area contributed by atoms with Crippen molar-refractivity contribution in [1.29, 1.82) is 0 Å². The molecule has 1 aromatic heterocycles. The van der Waals surface area contributed by atoms with E-state index in [1.54, 1.807) is 12.1 Å². The molecular formula is C20H16BrN3O4. The first-order valence-corrected chi connectivity index (χ1v) is 9.14. The lowest BCUT2D eigenvalue weighted by atomic mass is 10.2. The lowest BCUT2D eigenvalue weighted by Gasteiger charge is -2.23. The molecule has 0 atom stereocenters. The summed E-state index contributed by atoms with van der Waals surface area (Å²) in [6, 6.07) is 18.8. The fourth-order valence-electron chi connectivity index (χ4n) is 2.60. The first-order chi connectivity index (χ1) is 13.4. The van der Waals surface area contributed by atoms with Crippen LogP contribution in [-0.2, 0) is 17.9 Å². The molecule has 3 aromatic rings. The predicted molar refractivity (Wildman–Crippen MR) is 107 cm³/mol. The summed E-state index contributed by atoms with van der Waals surface area (Å²) in [6.45, 7) is -0.0719. The number of rotatable bonds is 6. The minimum absolute atomic E-state index is 0.300. The number of anilines is 1. The number of carbonyl (C=O) groups excluding carboxylic acids is 1. The lowest BCUT2D eigenvalue weighted by molar-refractivity contribution is -0.119. The molecule has 2 aromatic carbocycles. The standard InChI is InChI=1S/C20H16BrN3O4/c21-15-6-8-16(9-7-15)23(12-14-4-2-1-3-5-14)19(26)13-24-18(25)11-10-17(22-24)20(27)28/h1-11H,12-13H2,(H,27,28). The number of halogens is 1. The van der Waals surface area contributed by atoms with Crippen molar-refractivity contribution < 1.29 is 14.7 Å². The number of hydrogen-bond donors (Lipinski definition) is 1. The molecular weight excluding hydrogens is 426 g/mol. The number of carbonyl (C=O) groups is 2. The molecule has 0 spiro atoms. The molecule has 142 valence electrons. The van der Waals surface area contributed by atoms with Gasteiger partial charge in [-0.2, -0.15) is 5.10 Å². The van der Waals surface area contributed by atoms with Crippen LogP contribution in [0.3, 0.4) is 0 Å². The Bertz CT molecular complexity index is 1050.